The van der Waals surface area contributed by atoms with Gasteiger partial charge in [-0.3, -0.25) is 0 Å². The summed E-state index contributed by atoms with van der Waals surface area (Å²) in [6, 6.07) is 8.57. The molecule has 12 heavy (non-hydrogen) atoms. The molecule has 0 heterocycles. The minimum atomic E-state index is 0.525. The van der Waals surface area contributed by atoms with E-state index in [1.165, 1.54) is 11.1 Å². The maximum Gasteiger partial charge on any atom is 0.0221 e. The van der Waals surface area contributed by atoms with Crippen molar-refractivity contribution in [2.24, 2.45) is 0 Å². The molecule has 0 spiro atoms. The van der Waals surface area contributed by atoms with Crippen LogP contribution in [-0.2, 0) is 0 Å². The van der Waals surface area contributed by atoms with Crippen molar-refractivity contribution in [2.75, 3.05) is 0 Å². The zero-order valence-electron chi connectivity index (χ0n) is 7.00. The van der Waals surface area contributed by atoms with Crippen molar-refractivity contribution < 1.29 is 0 Å². The third-order valence-electron chi connectivity index (χ3n) is 2.33. The van der Waals surface area contributed by atoms with Gasteiger partial charge in [-0.1, -0.05) is 59.3 Å². The van der Waals surface area contributed by atoms with Gasteiger partial charge < -0.3 is 0 Å². The van der Waals surface area contributed by atoms with Crippen LogP contribution in [0.15, 0.2) is 30.3 Å². The van der Waals surface area contributed by atoms with Crippen molar-refractivity contribution >= 4 is 22.0 Å². The van der Waals surface area contributed by atoms with Gasteiger partial charge >= 0.3 is 0 Å². The summed E-state index contributed by atoms with van der Waals surface area (Å²) in [4.78, 5) is 0.525. The van der Waals surface area contributed by atoms with Crippen LogP contribution in [0.1, 0.15) is 24.0 Å². The van der Waals surface area contributed by atoms with E-state index in [0.717, 1.165) is 0 Å². The van der Waals surface area contributed by atoms with E-state index in [9.17, 15) is 0 Å². The zero-order chi connectivity index (χ0) is 8.55. The molecule has 1 aliphatic rings. The second kappa shape index (κ2) is 3.06. The summed E-state index contributed by atoms with van der Waals surface area (Å²) >= 11 is 3.62. The van der Waals surface area contributed by atoms with Crippen LogP contribution < -0.4 is 0 Å². The van der Waals surface area contributed by atoms with E-state index in [2.05, 4.69) is 59.3 Å². The molecule has 0 saturated carbocycles. The van der Waals surface area contributed by atoms with E-state index in [-0.39, 0.29) is 0 Å². The standard InChI is InChI=1S/C11H11Br/c1-8(12)10-7-6-9-4-2-3-5-11(9)10/h2-8,10H,1H3/t8-,10-/m0/s1. The number of alkyl halides is 1. The Balaban J connectivity index is 2.42. The van der Waals surface area contributed by atoms with Crippen molar-refractivity contribution in [3.8, 4) is 0 Å². The third-order valence-corrected chi connectivity index (χ3v) is 2.90. The summed E-state index contributed by atoms with van der Waals surface area (Å²) in [7, 11) is 0. The molecule has 0 nitrogen and oxygen atoms in total. The number of halogens is 1. The van der Waals surface area contributed by atoms with Crippen LogP contribution in [-0.4, -0.2) is 4.83 Å². The fourth-order valence-corrected chi connectivity index (χ4v) is 2.14. The molecule has 0 unspecified atom stereocenters. The van der Waals surface area contributed by atoms with E-state index >= 15 is 0 Å². The summed E-state index contributed by atoms with van der Waals surface area (Å²) in [5, 5.41) is 0. The molecule has 1 aromatic rings. The Kier molecular flexibility index (Phi) is 2.05. The summed E-state index contributed by atoms with van der Waals surface area (Å²) in [6.07, 6.45) is 4.47. The van der Waals surface area contributed by atoms with E-state index in [0.29, 0.717) is 10.7 Å². The van der Waals surface area contributed by atoms with Crippen molar-refractivity contribution in [3.05, 3.63) is 41.5 Å². The largest absolute Gasteiger partial charge is 0.0884 e. The average Bonchev–Trinajstić information content (AvgIpc) is 2.47. The molecule has 1 heteroatoms. The number of benzene rings is 1. The molecule has 0 radical (unpaired) electrons. The molecule has 1 aliphatic carbocycles. The Hall–Kier alpha value is -0.560. The van der Waals surface area contributed by atoms with Crippen LogP contribution in [0, 0.1) is 0 Å². The van der Waals surface area contributed by atoms with Crippen LogP contribution in [0.2, 0.25) is 0 Å². The van der Waals surface area contributed by atoms with E-state index in [1.807, 2.05) is 0 Å². The van der Waals surface area contributed by atoms with Gasteiger partial charge in [-0.2, -0.15) is 0 Å². The van der Waals surface area contributed by atoms with Crippen molar-refractivity contribution in [2.45, 2.75) is 17.7 Å². The molecule has 0 N–H and O–H groups in total. The predicted molar refractivity (Wildman–Crippen MR) is 56.6 cm³/mol. The molecule has 0 aliphatic heterocycles. The van der Waals surface area contributed by atoms with Crippen LogP contribution in [0.5, 0.6) is 0 Å². The zero-order valence-corrected chi connectivity index (χ0v) is 8.58. The van der Waals surface area contributed by atoms with Gasteiger partial charge in [-0.25, -0.2) is 0 Å². The van der Waals surface area contributed by atoms with Gasteiger partial charge in [0.1, 0.15) is 0 Å². The molecular formula is C11H11Br. The highest BCUT2D eigenvalue weighted by Crippen LogP contribution is 2.34. The summed E-state index contributed by atoms with van der Waals surface area (Å²) in [5.74, 6) is 0.557. The van der Waals surface area contributed by atoms with Gasteiger partial charge in [0.05, 0.1) is 0 Å². The molecular weight excluding hydrogens is 212 g/mol. The monoisotopic (exact) mass is 222 g/mol. The highest BCUT2D eigenvalue weighted by molar-refractivity contribution is 9.09. The average molecular weight is 223 g/mol. The molecule has 2 rings (SSSR count). The maximum atomic E-state index is 3.62. The Bertz CT molecular complexity index is 313. The number of rotatable bonds is 1. The Morgan fingerprint density at radius 2 is 2.08 bits per heavy atom. The maximum absolute atomic E-state index is 3.62. The van der Waals surface area contributed by atoms with Crippen molar-refractivity contribution in [3.63, 3.8) is 0 Å². The SMILES string of the molecule is C[C@H](Br)[C@@H]1C=Cc2ccccc21. The summed E-state index contributed by atoms with van der Waals surface area (Å²) < 4.78 is 0. The summed E-state index contributed by atoms with van der Waals surface area (Å²) in [5.41, 5.74) is 2.82. The lowest BCUT2D eigenvalue weighted by molar-refractivity contribution is 0.851. The number of allylic oxidation sites excluding steroid dienone is 1. The first-order chi connectivity index (χ1) is 5.79. The van der Waals surface area contributed by atoms with Crippen LogP contribution in [0.3, 0.4) is 0 Å². The minimum Gasteiger partial charge on any atom is -0.0884 e. The van der Waals surface area contributed by atoms with Gasteiger partial charge in [-0.15, -0.1) is 0 Å². The van der Waals surface area contributed by atoms with E-state index in [1.54, 1.807) is 0 Å². The van der Waals surface area contributed by atoms with Gasteiger partial charge in [0, 0.05) is 10.7 Å². The van der Waals surface area contributed by atoms with Gasteiger partial charge in [0.25, 0.3) is 0 Å². The lowest BCUT2D eigenvalue weighted by atomic mass is 9.99. The number of hydrogen-bond acceptors (Lipinski definition) is 0. The van der Waals surface area contributed by atoms with Crippen LogP contribution in [0.4, 0.5) is 0 Å². The smallest absolute Gasteiger partial charge is 0.0221 e. The minimum absolute atomic E-state index is 0.525. The van der Waals surface area contributed by atoms with E-state index < -0.39 is 0 Å². The van der Waals surface area contributed by atoms with Crippen LogP contribution >= 0.6 is 15.9 Å². The van der Waals surface area contributed by atoms with Crippen molar-refractivity contribution in [1.82, 2.24) is 0 Å². The molecule has 0 bridgehead atoms. The number of hydrogen-bond donors (Lipinski definition) is 0. The normalized spacial score (nSPS) is 22.3. The fourth-order valence-electron chi connectivity index (χ4n) is 1.68. The summed E-state index contributed by atoms with van der Waals surface area (Å²) in [6.45, 7) is 2.19. The molecule has 1 aromatic carbocycles. The highest BCUT2D eigenvalue weighted by Gasteiger charge is 2.19. The Morgan fingerprint density at radius 1 is 1.33 bits per heavy atom. The third kappa shape index (κ3) is 1.22. The van der Waals surface area contributed by atoms with E-state index in [4.69, 9.17) is 0 Å². The quantitative estimate of drug-likeness (QED) is 0.638. The molecule has 0 amide bonds. The molecule has 0 aromatic heterocycles. The molecule has 0 saturated heterocycles. The topological polar surface area (TPSA) is 0 Å². The lowest BCUT2D eigenvalue weighted by Crippen LogP contribution is -2.03. The molecule has 0 fully saturated rings. The fraction of sp³-hybridized carbons (Fsp3) is 0.273. The Labute approximate surface area is 81.4 Å². The molecule has 62 valence electrons. The van der Waals surface area contributed by atoms with Gasteiger partial charge in [0.2, 0.25) is 0 Å². The van der Waals surface area contributed by atoms with Gasteiger partial charge in [-0.05, 0) is 11.1 Å². The second-order valence-electron chi connectivity index (χ2n) is 3.19. The Morgan fingerprint density at radius 3 is 2.83 bits per heavy atom. The van der Waals surface area contributed by atoms with Crippen molar-refractivity contribution in [1.29, 1.82) is 0 Å². The lowest BCUT2D eigenvalue weighted by Gasteiger charge is -2.12. The second-order valence-corrected chi connectivity index (χ2v) is 4.64. The van der Waals surface area contributed by atoms with Crippen LogP contribution in [0.25, 0.3) is 6.08 Å². The molecule has 2 atom stereocenters. The first-order valence-corrected chi connectivity index (χ1v) is 5.12. The highest BCUT2D eigenvalue weighted by atomic mass is 79.9. The first-order valence-electron chi connectivity index (χ1n) is 4.20. The first kappa shape index (κ1) is 8.06. The number of fused-ring (bicyclic) bond motifs is 1. The predicted octanol–water partition coefficient (Wildman–Crippen LogP) is 3.58. The van der Waals surface area contributed by atoms with Gasteiger partial charge in [0.15, 0.2) is 0 Å².